The molecule has 4 aliphatic heterocycles. The Morgan fingerprint density at radius 3 is 2.14 bits per heavy atom. The van der Waals surface area contributed by atoms with Gasteiger partial charge in [0, 0.05) is 67.1 Å². The number of piperidine rings is 2. The fourth-order valence-corrected chi connectivity index (χ4v) is 10.1. The molecule has 5 amide bonds. The summed E-state index contributed by atoms with van der Waals surface area (Å²) in [4.78, 5) is 69.5. The highest BCUT2D eigenvalue weighted by atomic mass is 35.5. The Hall–Kier alpha value is -5.32. The van der Waals surface area contributed by atoms with E-state index < -0.39 is 46.3 Å². The lowest BCUT2D eigenvalue weighted by Crippen LogP contribution is -2.74. The van der Waals surface area contributed by atoms with Crippen LogP contribution in [0.4, 0.5) is 10.1 Å². The Labute approximate surface area is 328 Å². The Balaban J connectivity index is 0.864. The average Bonchev–Trinajstić information content (AvgIpc) is 3.69. The zero-order valence-electron chi connectivity index (χ0n) is 31.6. The summed E-state index contributed by atoms with van der Waals surface area (Å²) in [7, 11) is 0. The van der Waals surface area contributed by atoms with Crippen molar-refractivity contribution in [2.24, 2.45) is 10.8 Å². The van der Waals surface area contributed by atoms with Crippen molar-refractivity contribution < 1.29 is 33.1 Å². The molecule has 1 atom stereocenters. The van der Waals surface area contributed by atoms with Crippen LogP contribution < -0.4 is 20.3 Å². The SMILES string of the molecule is CC1(C)C(NC(=O)c2ccc(N3CCC(N4Cc5cc6c(cc5C4)C(=O)N(C4CCC(=O)NC4=O)C6=O)CC3)c(F)c2)C(C)(C)C1Oc1ccc(C#N)c(Cl)c1. The first-order valence-corrected chi connectivity index (χ1v) is 19.3. The molecule has 0 bridgehead atoms. The number of hydrogen-bond acceptors (Lipinski definition) is 9. The number of rotatable bonds is 7. The van der Waals surface area contributed by atoms with Gasteiger partial charge in [0.15, 0.2) is 0 Å². The molecule has 3 aromatic carbocycles. The Morgan fingerprint density at radius 2 is 1.57 bits per heavy atom. The van der Waals surface area contributed by atoms with Crippen LogP contribution in [0.3, 0.4) is 0 Å². The van der Waals surface area contributed by atoms with Gasteiger partial charge in [-0.05, 0) is 72.9 Å². The summed E-state index contributed by atoms with van der Waals surface area (Å²) in [6.07, 6.45) is 1.47. The molecule has 1 saturated carbocycles. The number of nitriles is 1. The molecular formula is C42H42ClFN6O6. The molecule has 1 aliphatic carbocycles. The molecule has 5 aliphatic rings. The number of nitrogens with zero attached hydrogens (tertiary/aromatic N) is 4. The van der Waals surface area contributed by atoms with Crippen molar-refractivity contribution in [1.82, 2.24) is 20.4 Å². The van der Waals surface area contributed by atoms with E-state index in [9.17, 15) is 29.2 Å². The van der Waals surface area contributed by atoms with Crippen molar-refractivity contribution in [3.8, 4) is 11.8 Å². The molecule has 1 unspecified atom stereocenters. The number of ether oxygens (including phenoxy) is 1. The third-order valence-electron chi connectivity index (χ3n) is 12.5. The second-order valence-electron chi connectivity index (χ2n) is 16.7. The van der Waals surface area contributed by atoms with E-state index >= 15 is 4.39 Å². The molecule has 290 valence electrons. The first kappa shape index (κ1) is 37.6. The van der Waals surface area contributed by atoms with Gasteiger partial charge in [-0.25, -0.2) is 4.39 Å². The minimum Gasteiger partial charge on any atom is -0.489 e. The summed E-state index contributed by atoms with van der Waals surface area (Å²) in [5, 5.41) is 14.9. The lowest BCUT2D eigenvalue weighted by Gasteiger charge is -2.63. The summed E-state index contributed by atoms with van der Waals surface area (Å²) >= 11 is 6.23. The number of fused-ring (bicyclic) bond motifs is 2. The van der Waals surface area contributed by atoms with Gasteiger partial charge in [-0.15, -0.1) is 0 Å². The van der Waals surface area contributed by atoms with Crippen LogP contribution in [0.5, 0.6) is 5.75 Å². The van der Waals surface area contributed by atoms with E-state index in [-0.39, 0.29) is 53.6 Å². The predicted octanol–water partition coefficient (Wildman–Crippen LogP) is 5.35. The maximum absolute atomic E-state index is 15.7. The molecule has 2 saturated heterocycles. The van der Waals surface area contributed by atoms with E-state index in [0.29, 0.717) is 48.2 Å². The molecule has 0 aromatic heterocycles. The maximum Gasteiger partial charge on any atom is 0.262 e. The van der Waals surface area contributed by atoms with E-state index in [1.54, 1.807) is 42.5 Å². The van der Waals surface area contributed by atoms with Crippen LogP contribution in [0.2, 0.25) is 5.02 Å². The van der Waals surface area contributed by atoms with Gasteiger partial charge in [0.1, 0.15) is 29.8 Å². The van der Waals surface area contributed by atoms with E-state index in [1.165, 1.54) is 6.07 Å². The molecule has 8 rings (SSSR count). The van der Waals surface area contributed by atoms with E-state index in [2.05, 4.69) is 15.5 Å². The highest BCUT2D eigenvalue weighted by Crippen LogP contribution is 2.55. The van der Waals surface area contributed by atoms with Gasteiger partial charge in [0.05, 0.1) is 27.4 Å². The zero-order valence-corrected chi connectivity index (χ0v) is 32.3. The highest BCUT2D eigenvalue weighted by Gasteiger charge is 2.64. The van der Waals surface area contributed by atoms with E-state index in [1.807, 2.05) is 38.7 Å². The summed E-state index contributed by atoms with van der Waals surface area (Å²) < 4.78 is 22.0. The average molecular weight is 781 g/mol. The number of halogens is 2. The van der Waals surface area contributed by atoms with Gasteiger partial charge >= 0.3 is 0 Å². The zero-order chi connectivity index (χ0) is 39.8. The smallest absolute Gasteiger partial charge is 0.262 e. The molecule has 14 heteroatoms. The van der Waals surface area contributed by atoms with Crippen LogP contribution in [-0.4, -0.2) is 76.7 Å². The second kappa shape index (κ2) is 13.7. The summed E-state index contributed by atoms with van der Waals surface area (Å²) in [6, 6.07) is 14.1. The normalized spacial score (nSPS) is 24.3. The number of hydrogen-bond donors (Lipinski definition) is 2. The summed E-state index contributed by atoms with van der Waals surface area (Å²) in [5.74, 6) is -2.37. The van der Waals surface area contributed by atoms with Crippen LogP contribution >= 0.6 is 11.6 Å². The minimum atomic E-state index is -1.00. The first-order valence-electron chi connectivity index (χ1n) is 18.9. The van der Waals surface area contributed by atoms with Crippen molar-refractivity contribution >= 4 is 46.8 Å². The highest BCUT2D eigenvalue weighted by molar-refractivity contribution is 6.31. The van der Waals surface area contributed by atoms with Crippen LogP contribution in [0.25, 0.3) is 0 Å². The number of carbonyl (C=O) groups excluding carboxylic acids is 5. The van der Waals surface area contributed by atoms with Crippen molar-refractivity contribution in [3.05, 3.63) is 92.8 Å². The second-order valence-corrected chi connectivity index (χ2v) is 17.1. The number of nitrogens with one attached hydrogen (secondary N) is 2. The minimum absolute atomic E-state index is 0.0686. The monoisotopic (exact) mass is 780 g/mol. The van der Waals surface area contributed by atoms with Gasteiger partial charge in [0.2, 0.25) is 11.8 Å². The lowest BCUT2D eigenvalue weighted by atomic mass is 9.49. The van der Waals surface area contributed by atoms with E-state index in [4.69, 9.17) is 16.3 Å². The molecule has 0 spiro atoms. The molecule has 3 fully saturated rings. The topological polar surface area (TPSA) is 152 Å². The summed E-state index contributed by atoms with van der Waals surface area (Å²) in [6.45, 7) is 10.5. The standard InChI is InChI=1S/C42H42ClFN6O6/c1-41(2)39(42(3,4)40(41)56-27-7-5-23(19-45)30(43)18-27)47-35(52)22-6-8-32(31(44)17-22)48-13-11-26(12-14-48)49-20-24-15-28-29(16-25(24)21-49)38(55)50(37(28)54)33-9-10-34(51)46-36(33)53/h5-8,15-18,26,33,39-40H,9-14,20-21H2,1-4H3,(H,47,52)(H,46,51,53). The molecule has 2 N–H and O–H groups in total. The van der Waals surface area contributed by atoms with Crippen molar-refractivity contribution in [3.63, 3.8) is 0 Å². The molecule has 4 heterocycles. The molecule has 12 nitrogen and oxygen atoms in total. The van der Waals surface area contributed by atoms with Gasteiger partial charge in [-0.2, -0.15) is 5.26 Å². The molecular weight excluding hydrogens is 739 g/mol. The molecule has 0 radical (unpaired) electrons. The lowest BCUT2D eigenvalue weighted by molar-refractivity contribution is -0.164. The Morgan fingerprint density at radius 1 is 0.929 bits per heavy atom. The summed E-state index contributed by atoms with van der Waals surface area (Å²) in [5.41, 5.74) is 2.60. The Kier molecular flexibility index (Phi) is 9.20. The maximum atomic E-state index is 15.7. The fraction of sp³-hybridized carbons (Fsp3) is 0.429. The fourth-order valence-electron chi connectivity index (χ4n) is 9.84. The van der Waals surface area contributed by atoms with Crippen LogP contribution in [0.1, 0.15) is 101 Å². The number of anilines is 1. The van der Waals surface area contributed by atoms with Gasteiger partial charge in [-0.3, -0.25) is 39.1 Å². The predicted molar refractivity (Wildman–Crippen MR) is 203 cm³/mol. The van der Waals surface area contributed by atoms with Crippen LogP contribution in [-0.2, 0) is 22.7 Å². The Bertz CT molecular complexity index is 2200. The van der Waals surface area contributed by atoms with Gasteiger partial charge in [0.25, 0.3) is 17.7 Å². The first-order chi connectivity index (χ1) is 26.6. The third-order valence-corrected chi connectivity index (χ3v) is 12.8. The van der Waals surface area contributed by atoms with E-state index in [0.717, 1.165) is 28.9 Å². The van der Waals surface area contributed by atoms with Crippen molar-refractivity contribution in [2.75, 3.05) is 18.0 Å². The van der Waals surface area contributed by atoms with Gasteiger partial charge in [-0.1, -0.05) is 39.3 Å². The molecule has 3 aromatic rings. The van der Waals surface area contributed by atoms with Crippen LogP contribution in [0, 0.1) is 28.0 Å². The number of imide groups is 2. The number of benzene rings is 3. The largest absolute Gasteiger partial charge is 0.489 e. The van der Waals surface area contributed by atoms with Crippen molar-refractivity contribution in [1.29, 1.82) is 5.26 Å². The van der Waals surface area contributed by atoms with Gasteiger partial charge < -0.3 is 15.0 Å². The quantitative estimate of drug-likeness (QED) is 0.303. The van der Waals surface area contributed by atoms with Crippen LogP contribution in [0.15, 0.2) is 48.5 Å². The van der Waals surface area contributed by atoms with Crippen molar-refractivity contribution in [2.45, 2.75) is 90.7 Å². The third kappa shape index (κ3) is 6.19. The molecule has 56 heavy (non-hydrogen) atoms. The number of amides is 5. The number of carbonyl (C=O) groups is 5.